The predicted octanol–water partition coefficient (Wildman–Crippen LogP) is 3.63. The number of piperidine rings is 1. The summed E-state index contributed by atoms with van der Waals surface area (Å²) < 4.78 is 6.65. The normalized spacial score (nSPS) is 24.5. The van der Waals surface area contributed by atoms with Crippen LogP contribution < -0.4 is 5.32 Å². The number of carbonyl (C=O) groups excluding carboxylic acids is 2. The maximum atomic E-state index is 13.0. The average molecular weight is 495 g/mol. The monoisotopic (exact) mass is 495 g/mol. The second kappa shape index (κ2) is 8.27. The van der Waals surface area contributed by atoms with Crippen molar-refractivity contribution in [1.29, 1.82) is 5.26 Å². The Morgan fingerprint density at radius 1 is 1.32 bits per heavy atom. The van der Waals surface area contributed by atoms with Crippen LogP contribution in [0.1, 0.15) is 45.6 Å². The molecule has 2 aliphatic rings. The van der Waals surface area contributed by atoms with Gasteiger partial charge in [0.2, 0.25) is 5.91 Å². The number of rotatable bonds is 4. The quantitative estimate of drug-likeness (QED) is 0.647. The largest absolute Gasteiger partial charge is 0.444 e. The van der Waals surface area contributed by atoms with Gasteiger partial charge in [0, 0.05) is 16.0 Å². The molecule has 1 saturated carbocycles. The van der Waals surface area contributed by atoms with Gasteiger partial charge in [-0.3, -0.25) is 9.69 Å². The van der Waals surface area contributed by atoms with Gasteiger partial charge in [-0.05, 0) is 86.2 Å². The number of fused-ring (bicyclic) bond motifs is 2. The smallest absolute Gasteiger partial charge is 0.411 e. The number of likely N-dealkylation sites (tertiary alicyclic amines) is 1. The molecule has 1 aromatic rings. The number of nitrogens with one attached hydrogen (secondary N) is 1. The van der Waals surface area contributed by atoms with E-state index in [0.29, 0.717) is 6.42 Å². The van der Waals surface area contributed by atoms with Gasteiger partial charge in [0.25, 0.3) is 0 Å². The maximum Gasteiger partial charge on any atom is 0.411 e. The van der Waals surface area contributed by atoms with Crippen molar-refractivity contribution in [3.63, 3.8) is 0 Å². The van der Waals surface area contributed by atoms with E-state index in [1.54, 1.807) is 4.90 Å². The molecular formula is C21H26IN3O3. The van der Waals surface area contributed by atoms with E-state index in [2.05, 4.69) is 34.0 Å². The lowest BCUT2D eigenvalue weighted by atomic mass is 9.97. The topological polar surface area (TPSA) is 82.4 Å². The van der Waals surface area contributed by atoms with Crippen LogP contribution in [0.2, 0.25) is 0 Å². The number of benzene rings is 1. The molecule has 4 atom stereocenters. The molecular weight excluding hydrogens is 469 g/mol. The molecule has 1 aliphatic carbocycles. The molecule has 0 aromatic heterocycles. The van der Waals surface area contributed by atoms with Gasteiger partial charge >= 0.3 is 6.09 Å². The van der Waals surface area contributed by atoms with Crippen LogP contribution in [0, 0.1) is 20.8 Å². The summed E-state index contributed by atoms with van der Waals surface area (Å²) >= 11 is 2.23. The molecule has 2 fully saturated rings. The van der Waals surface area contributed by atoms with Crippen LogP contribution in [0.15, 0.2) is 24.3 Å². The first-order valence-corrected chi connectivity index (χ1v) is 10.7. The van der Waals surface area contributed by atoms with Crippen molar-refractivity contribution < 1.29 is 14.3 Å². The highest BCUT2D eigenvalue weighted by Crippen LogP contribution is 2.43. The van der Waals surface area contributed by atoms with Gasteiger partial charge in [0.15, 0.2) is 0 Å². The summed E-state index contributed by atoms with van der Waals surface area (Å²) in [6.45, 7) is 5.46. The number of ether oxygens (including phenoxy) is 1. The Balaban J connectivity index is 1.69. The molecule has 1 heterocycles. The molecule has 2 bridgehead atoms. The van der Waals surface area contributed by atoms with E-state index in [1.165, 1.54) is 0 Å². The number of halogens is 1. The van der Waals surface area contributed by atoms with Crippen LogP contribution in [-0.2, 0) is 16.0 Å². The molecule has 7 heteroatoms. The third-order valence-electron chi connectivity index (χ3n) is 5.28. The number of amides is 2. The average Bonchev–Trinajstić information content (AvgIpc) is 3.22. The minimum absolute atomic E-state index is 0.0485. The highest BCUT2D eigenvalue weighted by molar-refractivity contribution is 14.1. The Morgan fingerprint density at radius 3 is 2.61 bits per heavy atom. The molecule has 1 saturated heterocycles. The van der Waals surface area contributed by atoms with Crippen molar-refractivity contribution in [3.8, 4) is 6.07 Å². The minimum atomic E-state index is -0.632. The summed E-state index contributed by atoms with van der Waals surface area (Å²) in [5.41, 5.74) is 0.379. The van der Waals surface area contributed by atoms with Gasteiger partial charge in [0.1, 0.15) is 17.7 Å². The Hall–Kier alpha value is -1.82. The fourth-order valence-electron chi connectivity index (χ4n) is 4.15. The van der Waals surface area contributed by atoms with Crippen LogP contribution in [0.5, 0.6) is 0 Å². The number of carbonyl (C=O) groups is 2. The van der Waals surface area contributed by atoms with Gasteiger partial charge in [0.05, 0.1) is 6.07 Å². The van der Waals surface area contributed by atoms with Crippen LogP contribution in [0.4, 0.5) is 4.79 Å². The summed E-state index contributed by atoms with van der Waals surface area (Å²) in [4.78, 5) is 27.3. The number of hydrogen-bond donors (Lipinski definition) is 1. The third-order valence-corrected chi connectivity index (χ3v) is 6.00. The molecule has 3 rings (SSSR count). The Morgan fingerprint density at radius 2 is 2.00 bits per heavy atom. The molecule has 1 aromatic carbocycles. The first-order chi connectivity index (χ1) is 13.2. The molecule has 0 radical (unpaired) electrons. The molecule has 1 N–H and O–H groups in total. The number of hydrogen-bond acceptors (Lipinski definition) is 4. The summed E-state index contributed by atoms with van der Waals surface area (Å²) in [5.74, 6) is -0.120. The number of nitrogens with zero attached hydrogens (tertiary/aromatic N) is 2. The van der Waals surface area contributed by atoms with Crippen molar-refractivity contribution in [2.45, 2.75) is 70.2 Å². The molecule has 6 nitrogen and oxygen atoms in total. The predicted molar refractivity (Wildman–Crippen MR) is 113 cm³/mol. The molecule has 1 aliphatic heterocycles. The van der Waals surface area contributed by atoms with Crippen LogP contribution in [-0.4, -0.2) is 40.6 Å². The zero-order valence-corrected chi connectivity index (χ0v) is 18.6. The molecule has 28 heavy (non-hydrogen) atoms. The summed E-state index contributed by atoms with van der Waals surface area (Å²) in [7, 11) is 0. The third kappa shape index (κ3) is 4.77. The van der Waals surface area contributed by atoms with E-state index in [-0.39, 0.29) is 17.9 Å². The zero-order chi connectivity index (χ0) is 20.5. The number of nitriles is 1. The Kier molecular flexibility index (Phi) is 6.18. The van der Waals surface area contributed by atoms with Crippen molar-refractivity contribution in [2.75, 3.05) is 0 Å². The Labute approximate surface area is 179 Å². The molecule has 3 unspecified atom stereocenters. The van der Waals surface area contributed by atoms with E-state index in [0.717, 1.165) is 28.4 Å². The second-order valence-electron chi connectivity index (χ2n) is 8.58. The van der Waals surface area contributed by atoms with Crippen molar-refractivity contribution in [1.82, 2.24) is 10.2 Å². The highest BCUT2D eigenvalue weighted by Gasteiger charge is 2.52. The fraction of sp³-hybridized carbons (Fsp3) is 0.571. The van der Waals surface area contributed by atoms with E-state index in [4.69, 9.17) is 4.74 Å². The lowest BCUT2D eigenvalue weighted by molar-refractivity contribution is -0.128. The van der Waals surface area contributed by atoms with E-state index in [1.807, 2.05) is 45.0 Å². The summed E-state index contributed by atoms with van der Waals surface area (Å²) in [5, 5.41) is 12.4. The van der Waals surface area contributed by atoms with Gasteiger partial charge in [-0.25, -0.2) is 4.79 Å². The van der Waals surface area contributed by atoms with Gasteiger partial charge in [-0.15, -0.1) is 0 Å². The van der Waals surface area contributed by atoms with Crippen LogP contribution in [0.3, 0.4) is 0 Å². The van der Waals surface area contributed by atoms with Gasteiger partial charge in [-0.2, -0.15) is 5.26 Å². The van der Waals surface area contributed by atoms with Crippen molar-refractivity contribution >= 4 is 34.6 Å². The zero-order valence-electron chi connectivity index (χ0n) is 16.4. The highest BCUT2D eigenvalue weighted by atomic mass is 127. The second-order valence-corrected chi connectivity index (χ2v) is 9.83. The first kappa shape index (κ1) is 20.9. The lowest BCUT2D eigenvalue weighted by Gasteiger charge is -2.35. The van der Waals surface area contributed by atoms with Crippen LogP contribution in [0.25, 0.3) is 0 Å². The molecule has 0 spiro atoms. The van der Waals surface area contributed by atoms with Gasteiger partial charge in [-0.1, -0.05) is 12.1 Å². The first-order valence-electron chi connectivity index (χ1n) is 9.63. The van der Waals surface area contributed by atoms with E-state index < -0.39 is 23.8 Å². The lowest BCUT2D eigenvalue weighted by Crippen LogP contribution is -2.55. The molecule has 150 valence electrons. The van der Waals surface area contributed by atoms with Crippen LogP contribution >= 0.6 is 22.6 Å². The minimum Gasteiger partial charge on any atom is -0.444 e. The van der Waals surface area contributed by atoms with E-state index in [9.17, 15) is 14.9 Å². The standard InChI is InChI=1S/C21H26IN3O3/c1-21(2,3)28-20(27)25-17-9-6-14(11-17)18(25)19(26)24-16(12-23)10-13-4-7-15(22)8-5-13/h4-5,7-8,14,16-18H,6,9-11H2,1-3H3,(H,24,26)/t14?,16-,17?,18?/m0/s1. The van der Waals surface area contributed by atoms with Gasteiger partial charge < -0.3 is 10.1 Å². The SMILES string of the molecule is CC(C)(C)OC(=O)N1C2CCC(C2)C1C(=O)N[C@H](C#N)Cc1ccc(I)cc1. The summed E-state index contributed by atoms with van der Waals surface area (Å²) in [6, 6.07) is 8.92. The fourth-order valence-corrected chi connectivity index (χ4v) is 4.50. The van der Waals surface area contributed by atoms with Crippen molar-refractivity contribution in [3.05, 3.63) is 33.4 Å². The van der Waals surface area contributed by atoms with Crippen molar-refractivity contribution in [2.24, 2.45) is 5.92 Å². The molecule has 2 amide bonds. The Bertz CT molecular complexity index is 782. The van der Waals surface area contributed by atoms with E-state index >= 15 is 0 Å². The summed E-state index contributed by atoms with van der Waals surface area (Å²) in [6.07, 6.45) is 2.65. The maximum absolute atomic E-state index is 13.0.